The van der Waals surface area contributed by atoms with Crippen molar-refractivity contribution in [3.63, 3.8) is 0 Å². The summed E-state index contributed by atoms with van der Waals surface area (Å²) in [7, 11) is -3.65. The molecule has 0 saturated heterocycles. The van der Waals surface area contributed by atoms with Gasteiger partial charge in [-0.3, -0.25) is 4.79 Å². The van der Waals surface area contributed by atoms with Crippen LogP contribution in [0.15, 0.2) is 51.9 Å². The van der Waals surface area contributed by atoms with Gasteiger partial charge in [0.25, 0.3) is 0 Å². The summed E-state index contributed by atoms with van der Waals surface area (Å²) in [6.07, 6.45) is 0.484. The first kappa shape index (κ1) is 25.2. The average molecular weight is 492 g/mol. The van der Waals surface area contributed by atoms with Crippen LogP contribution in [0.4, 0.5) is 4.39 Å². The summed E-state index contributed by atoms with van der Waals surface area (Å²) in [6, 6.07) is 10.1. The number of carbonyl (C=O) groups is 1. The van der Waals surface area contributed by atoms with E-state index in [2.05, 4.69) is 15.5 Å². The van der Waals surface area contributed by atoms with Crippen molar-refractivity contribution in [2.45, 2.75) is 31.6 Å². The number of rotatable bonds is 12. The molecule has 0 aliphatic heterocycles. The van der Waals surface area contributed by atoms with Crippen molar-refractivity contribution >= 4 is 15.7 Å². The van der Waals surface area contributed by atoms with Crippen molar-refractivity contribution in [2.24, 2.45) is 0 Å². The molecule has 0 radical (unpaired) electrons. The van der Waals surface area contributed by atoms with Crippen LogP contribution < -0.4 is 14.8 Å². The molecule has 1 N–H and O–H groups in total. The van der Waals surface area contributed by atoms with E-state index in [9.17, 15) is 17.6 Å². The van der Waals surface area contributed by atoms with Gasteiger partial charge in [-0.2, -0.15) is 4.98 Å². The molecule has 0 aliphatic rings. The molecular formula is C23H26FN3O6S. The van der Waals surface area contributed by atoms with Crippen molar-refractivity contribution in [1.29, 1.82) is 0 Å². The summed E-state index contributed by atoms with van der Waals surface area (Å²) in [5.41, 5.74) is 0.949. The monoisotopic (exact) mass is 491 g/mol. The molecule has 1 heterocycles. The Morgan fingerprint density at radius 3 is 2.44 bits per heavy atom. The zero-order valence-electron chi connectivity index (χ0n) is 18.9. The molecule has 3 aromatic rings. The number of carbonyl (C=O) groups excluding carboxylic acids is 1. The minimum absolute atomic E-state index is 0.00264. The van der Waals surface area contributed by atoms with Gasteiger partial charge in [-0.15, -0.1) is 0 Å². The van der Waals surface area contributed by atoms with Crippen LogP contribution in [0, 0.1) is 5.82 Å². The molecule has 0 atom stereocenters. The number of hydrogen-bond acceptors (Lipinski definition) is 8. The lowest BCUT2D eigenvalue weighted by molar-refractivity contribution is 0.0910. The maximum atomic E-state index is 13.0. The fourth-order valence-corrected chi connectivity index (χ4v) is 4.32. The van der Waals surface area contributed by atoms with Crippen molar-refractivity contribution < 1.29 is 31.6 Å². The van der Waals surface area contributed by atoms with Gasteiger partial charge in [0.05, 0.1) is 23.9 Å². The summed E-state index contributed by atoms with van der Waals surface area (Å²) < 4.78 is 53.8. The van der Waals surface area contributed by atoms with Gasteiger partial charge in [-0.25, -0.2) is 12.8 Å². The smallest absolute Gasteiger partial charge is 0.315 e. The van der Waals surface area contributed by atoms with E-state index < -0.39 is 21.6 Å². The Morgan fingerprint density at radius 1 is 1.03 bits per heavy atom. The summed E-state index contributed by atoms with van der Waals surface area (Å²) in [4.78, 5) is 16.3. The molecule has 9 nitrogen and oxygen atoms in total. The molecule has 0 unspecified atom stereocenters. The number of nitrogens with one attached hydrogen (secondary N) is 1. The largest absolute Gasteiger partial charge is 0.490 e. The lowest BCUT2D eigenvalue weighted by Crippen LogP contribution is -2.26. The predicted molar refractivity (Wildman–Crippen MR) is 121 cm³/mol. The zero-order chi connectivity index (χ0) is 24.6. The highest BCUT2D eigenvalue weighted by Crippen LogP contribution is 2.28. The number of sulfone groups is 1. The third-order valence-corrected chi connectivity index (χ3v) is 6.47. The molecule has 0 spiro atoms. The van der Waals surface area contributed by atoms with Crippen LogP contribution >= 0.6 is 0 Å². The van der Waals surface area contributed by atoms with Gasteiger partial charge >= 0.3 is 11.8 Å². The summed E-state index contributed by atoms with van der Waals surface area (Å²) in [5, 5.41) is 6.37. The molecule has 0 fully saturated rings. The number of aromatic nitrogens is 2. The maximum absolute atomic E-state index is 13.0. The van der Waals surface area contributed by atoms with Crippen LogP contribution in [0.5, 0.6) is 11.5 Å². The summed E-state index contributed by atoms with van der Waals surface area (Å²) in [6.45, 7) is 5.13. The number of benzene rings is 2. The number of aryl methyl sites for hydroxylation is 1. The topological polar surface area (TPSA) is 121 Å². The number of amides is 1. The van der Waals surface area contributed by atoms with Gasteiger partial charge in [0.2, 0.25) is 0 Å². The molecule has 1 aromatic heterocycles. The van der Waals surface area contributed by atoms with Crippen LogP contribution in [0.1, 0.15) is 35.9 Å². The Balaban J connectivity index is 1.51. The Morgan fingerprint density at radius 2 is 1.74 bits per heavy atom. The van der Waals surface area contributed by atoms with E-state index in [1.807, 2.05) is 32.0 Å². The van der Waals surface area contributed by atoms with Crippen LogP contribution in [-0.4, -0.2) is 50.0 Å². The Hall–Kier alpha value is -3.47. The predicted octanol–water partition coefficient (Wildman–Crippen LogP) is 3.00. The highest BCUT2D eigenvalue weighted by Gasteiger charge is 2.19. The Bertz CT molecular complexity index is 1210. The summed E-state index contributed by atoms with van der Waals surface area (Å²) >= 11 is 0. The fourth-order valence-electron chi connectivity index (χ4n) is 3.08. The standard InChI is InChI=1S/C23H26FN3O6S/c1-3-31-19-10-5-16(15-20(19)32-4-2)11-13-25-22(28)23-26-21(27-33-23)12-14-34(29,30)18-8-6-17(24)7-9-18/h5-10,15H,3-4,11-14H2,1-2H3,(H,25,28). The third-order valence-electron chi connectivity index (χ3n) is 4.74. The van der Waals surface area contributed by atoms with Crippen molar-refractivity contribution in [3.05, 3.63) is 65.6 Å². The van der Waals surface area contributed by atoms with Crippen LogP contribution in [0.25, 0.3) is 0 Å². The van der Waals surface area contributed by atoms with Gasteiger partial charge in [0.15, 0.2) is 27.2 Å². The Labute approximate surface area is 197 Å². The molecule has 182 valence electrons. The van der Waals surface area contributed by atoms with E-state index in [-0.39, 0.29) is 28.8 Å². The number of nitrogens with zero attached hydrogens (tertiary/aromatic N) is 2. The van der Waals surface area contributed by atoms with Gasteiger partial charge in [-0.05, 0) is 62.2 Å². The molecule has 2 aromatic carbocycles. The number of ether oxygens (including phenoxy) is 2. The zero-order valence-corrected chi connectivity index (χ0v) is 19.7. The second-order valence-electron chi connectivity index (χ2n) is 7.19. The van der Waals surface area contributed by atoms with Crippen LogP contribution in [0.3, 0.4) is 0 Å². The highest BCUT2D eigenvalue weighted by atomic mass is 32.2. The quantitative estimate of drug-likeness (QED) is 0.384. The first-order valence-corrected chi connectivity index (χ1v) is 12.4. The minimum atomic E-state index is -3.65. The normalized spacial score (nSPS) is 11.3. The first-order valence-electron chi connectivity index (χ1n) is 10.8. The fraction of sp³-hybridized carbons (Fsp3) is 0.348. The third kappa shape index (κ3) is 6.77. The SMILES string of the molecule is CCOc1ccc(CCNC(=O)c2nc(CCS(=O)(=O)c3ccc(F)cc3)no2)cc1OCC. The molecular weight excluding hydrogens is 465 g/mol. The highest BCUT2D eigenvalue weighted by molar-refractivity contribution is 7.91. The van der Waals surface area contributed by atoms with E-state index >= 15 is 0 Å². The molecule has 0 bridgehead atoms. The number of halogens is 1. The van der Waals surface area contributed by atoms with E-state index in [4.69, 9.17) is 14.0 Å². The molecule has 34 heavy (non-hydrogen) atoms. The molecule has 3 rings (SSSR count). The van der Waals surface area contributed by atoms with Gasteiger partial charge in [0, 0.05) is 13.0 Å². The molecule has 0 saturated carbocycles. The summed E-state index contributed by atoms with van der Waals surface area (Å²) in [5.74, 6) is -0.248. The van der Waals surface area contributed by atoms with Gasteiger partial charge in [-0.1, -0.05) is 11.2 Å². The Kier molecular flexibility index (Phi) is 8.58. The first-order chi connectivity index (χ1) is 16.3. The van der Waals surface area contributed by atoms with Crippen molar-refractivity contribution in [3.8, 4) is 11.5 Å². The molecule has 11 heteroatoms. The second kappa shape index (κ2) is 11.6. The van der Waals surface area contributed by atoms with E-state index in [1.54, 1.807) is 0 Å². The average Bonchev–Trinajstić information content (AvgIpc) is 3.29. The van der Waals surface area contributed by atoms with Gasteiger partial charge < -0.3 is 19.3 Å². The number of hydrogen-bond donors (Lipinski definition) is 1. The molecule has 0 aliphatic carbocycles. The van der Waals surface area contributed by atoms with Crippen molar-refractivity contribution in [2.75, 3.05) is 25.5 Å². The maximum Gasteiger partial charge on any atom is 0.315 e. The second-order valence-corrected chi connectivity index (χ2v) is 9.30. The van der Waals surface area contributed by atoms with Crippen LogP contribution in [0.2, 0.25) is 0 Å². The van der Waals surface area contributed by atoms with E-state index in [1.165, 1.54) is 12.1 Å². The lowest BCUT2D eigenvalue weighted by atomic mass is 10.1. The minimum Gasteiger partial charge on any atom is -0.490 e. The lowest BCUT2D eigenvalue weighted by Gasteiger charge is -2.12. The molecule has 1 amide bonds. The van der Waals surface area contributed by atoms with Gasteiger partial charge in [0.1, 0.15) is 5.82 Å². The van der Waals surface area contributed by atoms with Crippen LogP contribution in [-0.2, 0) is 22.7 Å². The van der Waals surface area contributed by atoms with E-state index in [0.29, 0.717) is 37.7 Å². The van der Waals surface area contributed by atoms with Crippen molar-refractivity contribution in [1.82, 2.24) is 15.5 Å². The van der Waals surface area contributed by atoms with E-state index in [0.717, 1.165) is 17.7 Å².